The molecular formula is C31H42N2O6Si. The van der Waals surface area contributed by atoms with Gasteiger partial charge >= 0.3 is 5.97 Å². The summed E-state index contributed by atoms with van der Waals surface area (Å²) >= 11 is 0. The van der Waals surface area contributed by atoms with Gasteiger partial charge in [0.15, 0.2) is 11.9 Å². The lowest BCUT2D eigenvalue weighted by molar-refractivity contribution is -0.150. The Morgan fingerprint density at radius 3 is 2.23 bits per heavy atom. The minimum Gasteiger partial charge on any atom is -0.543 e. The van der Waals surface area contributed by atoms with E-state index < -0.39 is 20.4 Å². The fraction of sp³-hybridized carbons (Fsp3) is 0.452. The van der Waals surface area contributed by atoms with Crippen LogP contribution in [0.25, 0.3) is 11.4 Å². The molecule has 0 amide bonds. The fourth-order valence-electron chi connectivity index (χ4n) is 5.49. The minimum atomic E-state index is -2.22. The Bertz CT molecular complexity index is 1260. The lowest BCUT2D eigenvalue weighted by Gasteiger charge is -2.42. The maximum absolute atomic E-state index is 12.0. The molecule has 0 radical (unpaired) electrons. The number of hydrogen-bond donors (Lipinski definition) is 1. The molecule has 1 heterocycles. The molecule has 0 saturated heterocycles. The van der Waals surface area contributed by atoms with Crippen LogP contribution in [0.2, 0.25) is 16.6 Å². The predicted molar refractivity (Wildman–Crippen MR) is 158 cm³/mol. The van der Waals surface area contributed by atoms with Crippen LogP contribution >= 0.6 is 0 Å². The lowest BCUT2D eigenvalue weighted by Crippen LogP contribution is -2.50. The van der Waals surface area contributed by atoms with E-state index in [4.69, 9.17) is 18.6 Å². The van der Waals surface area contributed by atoms with E-state index >= 15 is 0 Å². The predicted octanol–water partition coefficient (Wildman–Crippen LogP) is 6.36. The minimum absolute atomic E-state index is 0.0229. The van der Waals surface area contributed by atoms with Gasteiger partial charge in [0.25, 0.3) is 8.32 Å². The number of methoxy groups -OCH3 is 2. The van der Waals surface area contributed by atoms with Crippen molar-refractivity contribution < 1.29 is 28.5 Å². The third kappa shape index (κ3) is 7.00. The molecule has 0 unspecified atom stereocenters. The van der Waals surface area contributed by atoms with E-state index in [0.717, 1.165) is 5.56 Å². The molecule has 0 spiro atoms. The molecule has 3 aromatic rings. The summed E-state index contributed by atoms with van der Waals surface area (Å²) in [4.78, 5) is 21.1. The Morgan fingerprint density at radius 1 is 0.925 bits per heavy atom. The molecule has 8 nitrogen and oxygen atoms in total. The maximum Gasteiger partial charge on any atom is 0.335 e. The Labute approximate surface area is 238 Å². The van der Waals surface area contributed by atoms with Gasteiger partial charge in [0.05, 0.1) is 25.5 Å². The number of carbonyl (C=O) groups excluding carboxylic acids is 1. The zero-order valence-electron chi connectivity index (χ0n) is 24.8. The van der Waals surface area contributed by atoms with Crippen LogP contribution in [-0.4, -0.2) is 49.7 Å². The first-order chi connectivity index (χ1) is 19.0. The molecule has 1 aromatic heterocycles. The molecule has 0 aliphatic rings. The second-order valence-corrected chi connectivity index (χ2v) is 16.2. The first kappa shape index (κ1) is 31.1. The second-order valence-electron chi connectivity index (χ2n) is 10.8. The van der Waals surface area contributed by atoms with Crippen LogP contribution in [0.1, 0.15) is 52.8 Å². The molecule has 1 N–H and O–H groups in total. The number of aromatic nitrogens is 2. The normalized spacial score (nSPS) is 12.5. The number of nitrogens with zero attached hydrogens (tertiary/aromatic N) is 2. The summed E-state index contributed by atoms with van der Waals surface area (Å²) in [6.45, 7) is 13.5. The number of esters is 1. The summed E-state index contributed by atoms with van der Waals surface area (Å²) in [6.07, 6.45) is 0.371. The largest absolute Gasteiger partial charge is 0.543 e. The Hall–Kier alpha value is -3.43. The summed E-state index contributed by atoms with van der Waals surface area (Å²) in [5, 5.41) is 10.5. The van der Waals surface area contributed by atoms with E-state index in [1.807, 2.05) is 42.5 Å². The highest BCUT2D eigenvalue weighted by atomic mass is 28.4. The molecule has 0 saturated carbocycles. The number of hydrogen-bond acceptors (Lipinski definition) is 8. The average molecular weight is 567 g/mol. The molecule has 0 bridgehead atoms. The van der Waals surface area contributed by atoms with Crippen LogP contribution in [-0.2, 0) is 22.6 Å². The first-order valence-electron chi connectivity index (χ1n) is 13.7. The third-order valence-corrected chi connectivity index (χ3v) is 13.4. The Balaban J connectivity index is 1.92. The Morgan fingerprint density at radius 2 is 1.60 bits per heavy atom. The van der Waals surface area contributed by atoms with Crippen molar-refractivity contribution in [2.75, 3.05) is 14.2 Å². The van der Waals surface area contributed by atoms with Crippen LogP contribution < -0.4 is 13.9 Å². The van der Waals surface area contributed by atoms with Crippen molar-refractivity contribution >= 4 is 14.3 Å². The second kappa shape index (κ2) is 13.8. The van der Waals surface area contributed by atoms with E-state index in [0.29, 0.717) is 51.0 Å². The van der Waals surface area contributed by atoms with Gasteiger partial charge in [-0.05, 0) is 53.0 Å². The third-order valence-electron chi connectivity index (χ3n) is 7.36. The first-order valence-corrected chi connectivity index (χ1v) is 15.8. The van der Waals surface area contributed by atoms with Gasteiger partial charge in [-0.3, -0.25) is 0 Å². The van der Waals surface area contributed by atoms with Crippen LogP contribution in [0.5, 0.6) is 17.2 Å². The SMILES string of the molecule is COC(=O)[C@H](O)Cc1cc(O[Si](C(C)C)(C(C)C)C(C)C)ccc1OCc1ccnc(-c2ccccc2OC)n1. The van der Waals surface area contributed by atoms with Crippen molar-refractivity contribution in [3.05, 3.63) is 66.0 Å². The van der Waals surface area contributed by atoms with Crippen LogP contribution in [0.3, 0.4) is 0 Å². The fourth-order valence-corrected chi connectivity index (χ4v) is 10.7. The highest BCUT2D eigenvalue weighted by Crippen LogP contribution is 2.43. The standard InChI is InChI=1S/C31H42N2O6Si/c1-20(2)40(21(3)4,22(5)6)39-25-13-14-28(23(17-25)18-27(34)31(35)37-8)38-19-24-15-16-32-30(33-24)26-11-9-10-12-29(26)36-7/h9-17,20-22,27,34H,18-19H2,1-8H3/t27-/m1/s1. The number of aliphatic hydroxyl groups excluding tert-OH is 1. The maximum atomic E-state index is 12.0. The number of ether oxygens (including phenoxy) is 3. The molecule has 3 rings (SSSR count). The zero-order valence-corrected chi connectivity index (χ0v) is 25.8. The van der Waals surface area contributed by atoms with Crippen molar-refractivity contribution in [3.63, 3.8) is 0 Å². The molecule has 0 fully saturated rings. The number of rotatable bonds is 13. The van der Waals surface area contributed by atoms with Gasteiger partial charge in [0, 0.05) is 18.2 Å². The number of benzene rings is 2. The monoisotopic (exact) mass is 566 g/mol. The Kier molecular flexibility index (Phi) is 10.7. The van der Waals surface area contributed by atoms with Gasteiger partial charge in [-0.15, -0.1) is 0 Å². The van der Waals surface area contributed by atoms with Crippen molar-refractivity contribution in [3.8, 4) is 28.6 Å². The molecule has 2 aromatic carbocycles. The van der Waals surface area contributed by atoms with Gasteiger partial charge < -0.3 is 23.7 Å². The quantitative estimate of drug-likeness (QED) is 0.188. The van der Waals surface area contributed by atoms with E-state index in [-0.39, 0.29) is 13.0 Å². The van der Waals surface area contributed by atoms with E-state index in [2.05, 4.69) is 51.5 Å². The molecular weight excluding hydrogens is 524 g/mol. The highest BCUT2D eigenvalue weighted by Gasteiger charge is 2.47. The summed E-state index contributed by atoms with van der Waals surface area (Å²) in [6, 6.07) is 14.9. The number of carbonyl (C=O) groups is 1. The van der Waals surface area contributed by atoms with Crippen molar-refractivity contribution in [1.29, 1.82) is 0 Å². The average Bonchev–Trinajstić information content (AvgIpc) is 2.94. The molecule has 40 heavy (non-hydrogen) atoms. The van der Waals surface area contributed by atoms with Gasteiger partial charge in [0.2, 0.25) is 0 Å². The van der Waals surface area contributed by atoms with E-state index in [9.17, 15) is 9.90 Å². The summed E-state index contributed by atoms with van der Waals surface area (Å²) in [7, 11) is 0.648. The van der Waals surface area contributed by atoms with Crippen molar-refractivity contribution in [2.45, 2.75) is 77.3 Å². The number of aliphatic hydroxyl groups is 1. The van der Waals surface area contributed by atoms with Gasteiger partial charge in [-0.2, -0.15) is 0 Å². The molecule has 0 aliphatic carbocycles. The lowest BCUT2D eigenvalue weighted by atomic mass is 10.1. The topological polar surface area (TPSA) is 100 Å². The van der Waals surface area contributed by atoms with E-state index in [1.54, 1.807) is 19.4 Å². The van der Waals surface area contributed by atoms with Gasteiger partial charge in [-0.1, -0.05) is 53.7 Å². The molecule has 216 valence electrons. The summed E-state index contributed by atoms with van der Waals surface area (Å²) in [5.74, 6) is 1.74. The van der Waals surface area contributed by atoms with E-state index in [1.165, 1.54) is 7.11 Å². The molecule has 0 aliphatic heterocycles. The molecule has 9 heteroatoms. The zero-order chi connectivity index (χ0) is 29.4. The smallest absolute Gasteiger partial charge is 0.335 e. The van der Waals surface area contributed by atoms with Gasteiger partial charge in [0.1, 0.15) is 23.9 Å². The summed E-state index contributed by atoms with van der Waals surface area (Å²) < 4.78 is 23.2. The van der Waals surface area contributed by atoms with Crippen molar-refractivity contribution in [1.82, 2.24) is 9.97 Å². The summed E-state index contributed by atoms with van der Waals surface area (Å²) in [5.41, 5.74) is 3.27. The van der Waals surface area contributed by atoms with Crippen LogP contribution in [0, 0.1) is 0 Å². The number of para-hydroxylation sites is 1. The highest BCUT2D eigenvalue weighted by molar-refractivity contribution is 6.78. The molecule has 1 atom stereocenters. The van der Waals surface area contributed by atoms with Gasteiger partial charge in [-0.25, -0.2) is 14.8 Å². The van der Waals surface area contributed by atoms with Crippen LogP contribution in [0.4, 0.5) is 0 Å². The van der Waals surface area contributed by atoms with Crippen LogP contribution in [0.15, 0.2) is 54.7 Å². The van der Waals surface area contributed by atoms with Crippen molar-refractivity contribution in [2.24, 2.45) is 0 Å².